The van der Waals surface area contributed by atoms with E-state index in [1.165, 1.54) is 0 Å². The van der Waals surface area contributed by atoms with Crippen LogP contribution in [0.15, 0.2) is 30.3 Å². The molecule has 0 bridgehead atoms. The number of anilines is 1. The Hall–Kier alpha value is -1.84. The third-order valence-electron chi connectivity index (χ3n) is 3.04. The maximum Gasteiger partial charge on any atom is 0.231 e. The number of nitrogens with one attached hydrogen (secondary N) is 1. The van der Waals surface area contributed by atoms with Crippen LogP contribution in [0.4, 0.5) is 5.69 Å². The Balaban J connectivity index is 1.97. The highest BCUT2D eigenvalue weighted by Crippen LogP contribution is 2.17. The molecule has 2 rings (SSSR count). The van der Waals surface area contributed by atoms with Crippen LogP contribution in [0, 0.1) is 5.92 Å². The van der Waals surface area contributed by atoms with Crippen molar-refractivity contribution in [1.82, 2.24) is 5.32 Å². The number of carbonyl (C=O) groups excluding carboxylic acids is 2. The van der Waals surface area contributed by atoms with E-state index in [4.69, 9.17) is 0 Å². The minimum absolute atomic E-state index is 0.0992. The van der Waals surface area contributed by atoms with Crippen LogP contribution in [-0.2, 0) is 9.59 Å². The van der Waals surface area contributed by atoms with Crippen molar-refractivity contribution in [2.45, 2.75) is 12.8 Å². The van der Waals surface area contributed by atoms with Crippen LogP contribution in [0.25, 0.3) is 0 Å². The molecule has 1 aliphatic heterocycles. The second-order valence-electron chi connectivity index (χ2n) is 4.36. The smallest absolute Gasteiger partial charge is 0.231 e. The highest BCUT2D eigenvalue weighted by molar-refractivity contribution is 5.98. The Labute approximate surface area is 101 Å². The molecule has 4 heteroatoms. The van der Waals surface area contributed by atoms with Crippen LogP contribution in [0.1, 0.15) is 12.8 Å². The average Bonchev–Trinajstić information content (AvgIpc) is 2.34. The van der Waals surface area contributed by atoms with Gasteiger partial charge in [-0.2, -0.15) is 0 Å². The van der Waals surface area contributed by atoms with Crippen LogP contribution in [0.2, 0.25) is 0 Å². The first-order chi connectivity index (χ1) is 8.16. The minimum atomic E-state index is -0.159. The van der Waals surface area contributed by atoms with Crippen LogP contribution in [0.3, 0.4) is 0 Å². The zero-order valence-electron chi connectivity index (χ0n) is 9.85. The van der Waals surface area contributed by atoms with E-state index in [2.05, 4.69) is 5.32 Å². The molecule has 90 valence electrons. The molecule has 1 unspecified atom stereocenters. The molecule has 1 heterocycles. The molecule has 0 aliphatic carbocycles. The van der Waals surface area contributed by atoms with Gasteiger partial charge in [0.2, 0.25) is 11.8 Å². The summed E-state index contributed by atoms with van der Waals surface area (Å²) in [6.07, 6.45) is 1.08. The van der Waals surface area contributed by atoms with Gasteiger partial charge in [-0.25, -0.2) is 0 Å². The third-order valence-corrected chi connectivity index (χ3v) is 3.04. The lowest BCUT2D eigenvalue weighted by molar-refractivity contribution is -0.136. The van der Waals surface area contributed by atoms with E-state index in [0.29, 0.717) is 19.4 Å². The van der Waals surface area contributed by atoms with Gasteiger partial charge in [0.25, 0.3) is 0 Å². The molecule has 4 nitrogen and oxygen atoms in total. The van der Waals surface area contributed by atoms with E-state index >= 15 is 0 Å². The first-order valence-electron chi connectivity index (χ1n) is 5.76. The van der Waals surface area contributed by atoms with Crippen molar-refractivity contribution in [2.75, 3.05) is 18.5 Å². The molecule has 1 fully saturated rings. The van der Waals surface area contributed by atoms with Crippen LogP contribution in [0.5, 0.6) is 0 Å². The third kappa shape index (κ3) is 2.84. The minimum Gasteiger partial charge on any atom is -0.374 e. The molecule has 1 aliphatic rings. The van der Waals surface area contributed by atoms with Gasteiger partial charge in [-0.15, -0.1) is 0 Å². The number of hydrogen-bond acceptors (Lipinski definition) is 3. The highest BCUT2D eigenvalue weighted by atomic mass is 16.2. The van der Waals surface area contributed by atoms with Gasteiger partial charge >= 0.3 is 0 Å². The number of imide groups is 1. The Morgan fingerprint density at radius 1 is 1.29 bits per heavy atom. The van der Waals surface area contributed by atoms with Crippen LogP contribution < -0.4 is 10.2 Å². The molecule has 1 saturated heterocycles. The second kappa shape index (κ2) is 4.99. The number of benzene rings is 1. The summed E-state index contributed by atoms with van der Waals surface area (Å²) >= 11 is 0. The predicted molar refractivity (Wildman–Crippen MR) is 65.6 cm³/mol. The van der Waals surface area contributed by atoms with Crippen molar-refractivity contribution in [3.05, 3.63) is 30.3 Å². The number of rotatable bonds is 3. The van der Waals surface area contributed by atoms with Gasteiger partial charge in [0, 0.05) is 25.7 Å². The first kappa shape index (κ1) is 11.6. The quantitative estimate of drug-likeness (QED) is 0.796. The van der Waals surface area contributed by atoms with Crippen molar-refractivity contribution < 1.29 is 9.59 Å². The lowest BCUT2D eigenvalue weighted by Crippen LogP contribution is -2.44. The summed E-state index contributed by atoms with van der Waals surface area (Å²) in [7, 11) is 1.96. The topological polar surface area (TPSA) is 49.4 Å². The summed E-state index contributed by atoms with van der Waals surface area (Å²) in [6, 6.07) is 9.91. The fourth-order valence-corrected chi connectivity index (χ4v) is 2.03. The Morgan fingerprint density at radius 2 is 2.00 bits per heavy atom. The SMILES string of the molecule is CN(CC1CCC(=O)NC1=O)c1ccccc1. The van der Waals surface area contributed by atoms with E-state index < -0.39 is 0 Å². The number of para-hydroxylation sites is 1. The van der Waals surface area contributed by atoms with E-state index in [1.54, 1.807) is 0 Å². The van der Waals surface area contributed by atoms with E-state index in [0.717, 1.165) is 5.69 Å². The summed E-state index contributed by atoms with van der Waals surface area (Å²) in [5.41, 5.74) is 1.08. The maximum atomic E-state index is 11.6. The fraction of sp³-hybridized carbons (Fsp3) is 0.385. The zero-order chi connectivity index (χ0) is 12.3. The summed E-state index contributed by atoms with van der Waals surface area (Å²) in [5.74, 6) is -0.407. The predicted octanol–water partition coefficient (Wildman–Crippen LogP) is 1.18. The monoisotopic (exact) mass is 232 g/mol. The molecule has 0 spiro atoms. The van der Waals surface area contributed by atoms with Gasteiger partial charge < -0.3 is 4.90 Å². The van der Waals surface area contributed by atoms with Crippen molar-refractivity contribution in [3.8, 4) is 0 Å². The van der Waals surface area contributed by atoms with Crippen LogP contribution >= 0.6 is 0 Å². The molecule has 0 aromatic heterocycles. The molecule has 1 atom stereocenters. The van der Waals surface area contributed by atoms with Gasteiger partial charge in [0.1, 0.15) is 0 Å². The summed E-state index contributed by atoms with van der Waals surface area (Å²) in [6.45, 7) is 0.642. The summed E-state index contributed by atoms with van der Waals surface area (Å²) < 4.78 is 0. The standard InChI is InChI=1S/C13H16N2O2/c1-15(11-5-3-2-4-6-11)9-10-7-8-12(16)14-13(10)17/h2-6,10H,7-9H2,1H3,(H,14,16,17). The molecular weight excluding hydrogens is 216 g/mol. The number of piperidine rings is 1. The van der Waals surface area contributed by atoms with E-state index in [-0.39, 0.29) is 17.7 Å². The summed E-state index contributed by atoms with van der Waals surface area (Å²) in [5, 5.41) is 2.38. The normalized spacial score (nSPS) is 19.9. The Bertz CT molecular complexity index is 417. The zero-order valence-corrected chi connectivity index (χ0v) is 9.85. The highest BCUT2D eigenvalue weighted by Gasteiger charge is 2.27. The number of carbonyl (C=O) groups is 2. The molecule has 17 heavy (non-hydrogen) atoms. The second-order valence-corrected chi connectivity index (χ2v) is 4.36. The van der Waals surface area contributed by atoms with Gasteiger partial charge in [0.15, 0.2) is 0 Å². The molecule has 2 amide bonds. The molecule has 0 saturated carbocycles. The molecule has 1 aromatic rings. The lowest BCUT2D eigenvalue weighted by atomic mass is 9.97. The Morgan fingerprint density at radius 3 is 2.65 bits per heavy atom. The van der Waals surface area contributed by atoms with Gasteiger partial charge in [-0.1, -0.05) is 18.2 Å². The summed E-state index contributed by atoms with van der Waals surface area (Å²) in [4.78, 5) is 24.7. The molecule has 1 N–H and O–H groups in total. The number of amides is 2. The lowest BCUT2D eigenvalue weighted by Gasteiger charge is -2.27. The van der Waals surface area contributed by atoms with Crippen molar-refractivity contribution >= 4 is 17.5 Å². The molecular formula is C13H16N2O2. The van der Waals surface area contributed by atoms with Gasteiger partial charge in [0.05, 0.1) is 5.92 Å². The fourth-order valence-electron chi connectivity index (χ4n) is 2.03. The number of hydrogen-bond donors (Lipinski definition) is 1. The van der Waals surface area contributed by atoms with E-state index in [9.17, 15) is 9.59 Å². The Kier molecular flexibility index (Phi) is 3.42. The van der Waals surface area contributed by atoms with Crippen molar-refractivity contribution in [3.63, 3.8) is 0 Å². The molecule has 0 radical (unpaired) electrons. The van der Waals surface area contributed by atoms with Gasteiger partial charge in [-0.05, 0) is 18.6 Å². The van der Waals surface area contributed by atoms with E-state index in [1.807, 2.05) is 42.3 Å². The average molecular weight is 232 g/mol. The van der Waals surface area contributed by atoms with Crippen LogP contribution in [-0.4, -0.2) is 25.4 Å². The van der Waals surface area contributed by atoms with Crippen molar-refractivity contribution in [2.24, 2.45) is 5.92 Å². The largest absolute Gasteiger partial charge is 0.374 e. The maximum absolute atomic E-state index is 11.6. The van der Waals surface area contributed by atoms with Gasteiger partial charge in [-0.3, -0.25) is 14.9 Å². The number of nitrogens with zero attached hydrogens (tertiary/aromatic N) is 1. The molecule has 1 aromatic carbocycles. The van der Waals surface area contributed by atoms with Crippen molar-refractivity contribution in [1.29, 1.82) is 0 Å². The first-order valence-corrected chi connectivity index (χ1v) is 5.76.